The zero-order chi connectivity index (χ0) is 9.26. The minimum atomic E-state index is 0.279. The second-order valence-corrected chi connectivity index (χ2v) is 4.61. The van der Waals surface area contributed by atoms with E-state index in [4.69, 9.17) is 5.26 Å². The van der Waals surface area contributed by atoms with Crippen molar-refractivity contribution in [3.05, 3.63) is 0 Å². The molecule has 0 aromatic carbocycles. The average molecular weight is 178 g/mol. The Balaban J connectivity index is 1.85. The van der Waals surface area contributed by atoms with Gasteiger partial charge in [-0.15, -0.1) is 0 Å². The Kier molecular flexibility index (Phi) is 2.55. The highest BCUT2D eigenvalue weighted by Gasteiger charge is 2.36. The number of hydrogen-bond donors (Lipinski definition) is 1. The van der Waals surface area contributed by atoms with Gasteiger partial charge in [-0.2, -0.15) is 5.26 Å². The molecule has 2 fully saturated rings. The molecule has 0 heterocycles. The summed E-state index contributed by atoms with van der Waals surface area (Å²) in [4.78, 5) is 0. The Labute approximate surface area is 80.3 Å². The van der Waals surface area contributed by atoms with Gasteiger partial charge in [0.15, 0.2) is 0 Å². The van der Waals surface area contributed by atoms with Gasteiger partial charge in [0.1, 0.15) is 0 Å². The van der Waals surface area contributed by atoms with Crippen LogP contribution in [0.15, 0.2) is 0 Å². The summed E-state index contributed by atoms with van der Waals surface area (Å²) in [6, 6.07) is 3.65. The highest BCUT2D eigenvalue weighted by atomic mass is 15.0. The maximum absolute atomic E-state index is 8.97. The predicted octanol–water partition coefficient (Wildman–Crippen LogP) is 2.07. The van der Waals surface area contributed by atoms with Gasteiger partial charge < -0.3 is 5.32 Å². The van der Waals surface area contributed by atoms with E-state index in [1.807, 2.05) is 0 Å². The Morgan fingerprint density at radius 1 is 1.23 bits per heavy atom. The standard InChI is InChI=1S/C11H18N2/c1-8-6-11(8)13-10-5-3-2-4-9(10)7-12/h8-11,13H,2-6H2,1H3. The molecule has 2 heteroatoms. The lowest BCUT2D eigenvalue weighted by Gasteiger charge is -2.27. The largest absolute Gasteiger partial charge is 0.310 e. The monoisotopic (exact) mass is 178 g/mol. The van der Waals surface area contributed by atoms with Crippen molar-refractivity contribution >= 4 is 0 Å². The van der Waals surface area contributed by atoms with E-state index in [2.05, 4.69) is 18.3 Å². The smallest absolute Gasteiger partial charge is 0.0672 e. The Bertz CT molecular complexity index is 219. The van der Waals surface area contributed by atoms with Gasteiger partial charge in [-0.05, 0) is 25.2 Å². The molecular weight excluding hydrogens is 160 g/mol. The van der Waals surface area contributed by atoms with Crippen molar-refractivity contribution in [3.63, 3.8) is 0 Å². The van der Waals surface area contributed by atoms with E-state index in [1.165, 1.54) is 25.7 Å². The molecule has 2 nitrogen and oxygen atoms in total. The van der Waals surface area contributed by atoms with Crippen LogP contribution in [-0.4, -0.2) is 12.1 Å². The number of nitriles is 1. The lowest BCUT2D eigenvalue weighted by atomic mass is 9.85. The fourth-order valence-electron chi connectivity index (χ4n) is 2.31. The van der Waals surface area contributed by atoms with E-state index in [0.717, 1.165) is 18.4 Å². The van der Waals surface area contributed by atoms with Crippen LogP contribution in [0.2, 0.25) is 0 Å². The van der Waals surface area contributed by atoms with E-state index < -0.39 is 0 Å². The first-order valence-corrected chi connectivity index (χ1v) is 5.47. The highest BCUT2D eigenvalue weighted by Crippen LogP contribution is 2.32. The number of nitrogens with one attached hydrogen (secondary N) is 1. The van der Waals surface area contributed by atoms with Crippen molar-refractivity contribution in [2.24, 2.45) is 11.8 Å². The van der Waals surface area contributed by atoms with Crippen LogP contribution in [0.3, 0.4) is 0 Å². The summed E-state index contributed by atoms with van der Waals surface area (Å²) in [5, 5.41) is 12.6. The van der Waals surface area contributed by atoms with Crippen molar-refractivity contribution in [2.45, 2.75) is 51.1 Å². The molecule has 2 rings (SSSR count). The summed E-state index contributed by atoms with van der Waals surface area (Å²) < 4.78 is 0. The third-order valence-corrected chi connectivity index (χ3v) is 3.47. The van der Waals surface area contributed by atoms with E-state index in [1.54, 1.807) is 0 Å². The molecule has 2 saturated carbocycles. The molecule has 0 amide bonds. The Morgan fingerprint density at radius 2 is 1.92 bits per heavy atom. The molecule has 1 N–H and O–H groups in total. The molecule has 2 aliphatic carbocycles. The lowest BCUT2D eigenvalue weighted by molar-refractivity contribution is 0.307. The van der Waals surface area contributed by atoms with Crippen LogP contribution in [-0.2, 0) is 0 Å². The molecule has 0 saturated heterocycles. The van der Waals surface area contributed by atoms with Crippen LogP contribution in [0.5, 0.6) is 0 Å². The van der Waals surface area contributed by atoms with Gasteiger partial charge in [-0.1, -0.05) is 19.8 Å². The van der Waals surface area contributed by atoms with Crippen molar-refractivity contribution in [1.82, 2.24) is 5.32 Å². The van der Waals surface area contributed by atoms with Crippen molar-refractivity contribution in [3.8, 4) is 6.07 Å². The normalized spacial score (nSPS) is 44.0. The van der Waals surface area contributed by atoms with E-state index in [-0.39, 0.29) is 5.92 Å². The molecule has 2 aliphatic rings. The molecular formula is C11H18N2. The van der Waals surface area contributed by atoms with Crippen LogP contribution >= 0.6 is 0 Å². The van der Waals surface area contributed by atoms with Gasteiger partial charge in [0.25, 0.3) is 0 Å². The zero-order valence-electron chi connectivity index (χ0n) is 8.29. The summed E-state index contributed by atoms with van der Waals surface area (Å²) in [7, 11) is 0. The summed E-state index contributed by atoms with van der Waals surface area (Å²) in [6.45, 7) is 2.28. The van der Waals surface area contributed by atoms with Gasteiger partial charge >= 0.3 is 0 Å². The van der Waals surface area contributed by atoms with Crippen LogP contribution in [0.25, 0.3) is 0 Å². The molecule has 0 aromatic heterocycles. The number of rotatable bonds is 2. The quantitative estimate of drug-likeness (QED) is 0.702. The van der Waals surface area contributed by atoms with Gasteiger partial charge in [0, 0.05) is 12.1 Å². The topological polar surface area (TPSA) is 35.8 Å². The van der Waals surface area contributed by atoms with Gasteiger partial charge in [-0.3, -0.25) is 0 Å². The van der Waals surface area contributed by atoms with E-state index in [0.29, 0.717) is 6.04 Å². The Hall–Kier alpha value is -0.550. The molecule has 72 valence electrons. The third kappa shape index (κ3) is 2.03. The van der Waals surface area contributed by atoms with Crippen LogP contribution in [0, 0.1) is 23.2 Å². The fourth-order valence-corrected chi connectivity index (χ4v) is 2.31. The van der Waals surface area contributed by atoms with Crippen molar-refractivity contribution < 1.29 is 0 Å². The highest BCUT2D eigenvalue weighted by molar-refractivity contribution is 4.99. The van der Waals surface area contributed by atoms with Gasteiger partial charge in [0.05, 0.1) is 12.0 Å². The third-order valence-electron chi connectivity index (χ3n) is 3.47. The number of hydrogen-bond acceptors (Lipinski definition) is 2. The van der Waals surface area contributed by atoms with Crippen LogP contribution in [0.1, 0.15) is 39.0 Å². The average Bonchev–Trinajstić information content (AvgIpc) is 2.83. The first-order valence-electron chi connectivity index (χ1n) is 5.47. The second kappa shape index (κ2) is 3.67. The summed E-state index contributed by atoms with van der Waals surface area (Å²) in [5.74, 6) is 1.13. The van der Waals surface area contributed by atoms with Gasteiger partial charge in [-0.25, -0.2) is 0 Å². The molecule has 4 atom stereocenters. The molecule has 0 spiro atoms. The maximum atomic E-state index is 8.97. The van der Waals surface area contributed by atoms with Crippen LogP contribution < -0.4 is 5.32 Å². The molecule has 0 aromatic rings. The second-order valence-electron chi connectivity index (χ2n) is 4.61. The van der Waals surface area contributed by atoms with Gasteiger partial charge in [0.2, 0.25) is 0 Å². The van der Waals surface area contributed by atoms with Crippen LogP contribution in [0.4, 0.5) is 0 Å². The first-order chi connectivity index (χ1) is 6.31. The van der Waals surface area contributed by atoms with Crippen molar-refractivity contribution in [1.29, 1.82) is 5.26 Å². The minimum absolute atomic E-state index is 0.279. The maximum Gasteiger partial charge on any atom is 0.0672 e. The molecule has 0 radical (unpaired) electrons. The fraction of sp³-hybridized carbons (Fsp3) is 0.909. The predicted molar refractivity (Wildman–Crippen MR) is 52.1 cm³/mol. The van der Waals surface area contributed by atoms with Crippen molar-refractivity contribution in [2.75, 3.05) is 0 Å². The lowest BCUT2D eigenvalue weighted by Crippen LogP contribution is -2.39. The first kappa shape index (κ1) is 9.02. The SMILES string of the molecule is CC1CC1NC1CCCCC1C#N. The van der Waals surface area contributed by atoms with E-state index in [9.17, 15) is 0 Å². The summed E-state index contributed by atoms with van der Waals surface area (Å²) >= 11 is 0. The molecule has 4 unspecified atom stereocenters. The molecule has 0 aliphatic heterocycles. The molecule has 13 heavy (non-hydrogen) atoms. The minimum Gasteiger partial charge on any atom is -0.310 e. The zero-order valence-corrected chi connectivity index (χ0v) is 8.29. The summed E-state index contributed by atoms with van der Waals surface area (Å²) in [5.41, 5.74) is 0. The number of nitrogens with zero attached hydrogens (tertiary/aromatic N) is 1. The van der Waals surface area contributed by atoms with E-state index >= 15 is 0 Å². The molecule has 0 bridgehead atoms. The summed E-state index contributed by atoms with van der Waals surface area (Å²) in [6.07, 6.45) is 6.18. The Morgan fingerprint density at radius 3 is 2.54 bits per heavy atom.